The first-order valence-corrected chi connectivity index (χ1v) is 10.6. The molecule has 168 valence electrons. The molecule has 9 nitrogen and oxygen atoms in total. The predicted octanol–water partition coefficient (Wildman–Crippen LogP) is 2.06. The van der Waals surface area contributed by atoms with Crippen molar-refractivity contribution in [3.8, 4) is 5.75 Å². The van der Waals surface area contributed by atoms with Gasteiger partial charge in [-0.2, -0.15) is 0 Å². The van der Waals surface area contributed by atoms with Gasteiger partial charge in [-0.1, -0.05) is 25.0 Å². The van der Waals surface area contributed by atoms with Crippen LogP contribution in [0.3, 0.4) is 0 Å². The molecular weight excluding hydrogens is 402 g/mol. The van der Waals surface area contributed by atoms with E-state index in [1.165, 1.54) is 14.0 Å². The van der Waals surface area contributed by atoms with Crippen molar-refractivity contribution >= 4 is 23.8 Å². The van der Waals surface area contributed by atoms with Crippen LogP contribution in [0.25, 0.3) is 0 Å². The van der Waals surface area contributed by atoms with Gasteiger partial charge in [-0.25, -0.2) is 9.69 Å². The summed E-state index contributed by atoms with van der Waals surface area (Å²) in [4.78, 5) is 51.6. The predicted molar refractivity (Wildman–Crippen MR) is 111 cm³/mol. The van der Waals surface area contributed by atoms with Gasteiger partial charge in [0.2, 0.25) is 5.91 Å². The third kappa shape index (κ3) is 4.65. The monoisotopic (exact) mass is 431 g/mol. The molecule has 2 fully saturated rings. The van der Waals surface area contributed by atoms with Gasteiger partial charge in [-0.05, 0) is 44.4 Å². The highest BCUT2D eigenvalue weighted by Gasteiger charge is 2.54. The fourth-order valence-corrected chi connectivity index (χ4v) is 4.22. The molecule has 4 amide bonds. The molecule has 1 aliphatic carbocycles. The number of esters is 1. The third-order valence-electron chi connectivity index (χ3n) is 5.91. The number of amides is 4. The molecule has 1 aliphatic heterocycles. The second-order valence-corrected chi connectivity index (χ2v) is 7.92. The fourth-order valence-electron chi connectivity index (χ4n) is 4.22. The standard InChI is InChI=1S/C22H29N3O6/c1-4-31-18(26)13-17(15-8-7-9-16(12-15)30-3)23-19(27)14(2)25-20(28)22(24-21(25)29)10-5-6-11-22/h7-9,12,14,17H,4-6,10-11,13H2,1-3H3,(H,23,27)(H,24,29). The minimum atomic E-state index is -1.03. The van der Waals surface area contributed by atoms with Gasteiger partial charge in [-0.15, -0.1) is 0 Å². The Balaban J connectivity index is 1.78. The molecule has 1 heterocycles. The summed E-state index contributed by atoms with van der Waals surface area (Å²) in [5.41, 5.74) is -0.236. The number of nitrogens with one attached hydrogen (secondary N) is 2. The molecular formula is C22H29N3O6. The van der Waals surface area contributed by atoms with E-state index < -0.39 is 35.5 Å². The van der Waals surface area contributed by atoms with Crippen molar-refractivity contribution in [1.29, 1.82) is 0 Å². The van der Waals surface area contributed by atoms with E-state index in [0.29, 0.717) is 24.2 Å². The van der Waals surface area contributed by atoms with E-state index in [1.54, 1.807) is 31.2 Å². The SMILES string of the molecule is CCOC(=O)CC(NC(=O)C(C)N1C(=O)NC2(CCCC2)C1=O)c1cccc(OC)c1. The van der Waals surface area contributed by atoms with Crippen molar-refractivity contribution in [2.75, 3.05) is 13.7 Å². The van der Waals surface area contributed by atoms with E-state index in [2.05, 4.69) is 10.6 Å². The first-order valence-electron chi connectivity index (χ1n) is 10.6. The Morgan fingerprint density at radius 2 is 1.97 bits per heavy atom. The molecule has 1 spiro atoms. The van der Waals surface area contributed by atoms with Gasteiger partial charge in [0.05, 0.1) is 26.2 Å². The summed E-state index contributed by atoms with van der Waals surface area (Å²) < 4.78 is 10.3. The van der Waals surface area contributed by atoms with Crippen LogP contribution < -0.4 is 15.4 Å². The van der Waals surface area contributed by atoms with Crippen LogP contribution in [0.4, 0.5) is 4.79 Å². The average Bonchev–Trinajstić information content (AvgIpc) is 3.31. The fraction of sp³-hybridized carbons (Fsp3) is 0.545. The number of carbonyl (C=O) groups is 4. The Morgan fingerprint density at radius 3 is 2.61 bits per heavy atom. The third-order valence-corrected chi connectivity index (χ3v) is 5.91. The minimum absolute atomic E-state index is 0.0937. The number of imide groups is 1. The number of urea groups is 1. The molecule has 9 heteroatoms. The highest BCUT2D eigenvalue weighted by Crippen LogP contribution is 2.36. The summed E-state index contributed by atoms with van der Waals surface area (Å²) in [5, 5.41) is 5.58. The van der Waals surface area contributed by atoms with E-state index in [4.69, 9.17) is 9.47 Å². The van der Waals surface area contributed by atoms with Crippen LogP contribution in [0.2, 0.25) is 0 Å². The summed E-state index contributed by atoms with van der Waals surface area (Å²) in [6, 6.07) is 4.70. The smallest absolute Gasteiger partial charge is 0.325 e. The summed E-state index contributed by atoms with van der Waals surface area (Å²) in [6.45, 7) is 3.43. The van der Waals surface area contributed by atoms with Gasteiger partial charge in [0.1, 0.15) is 17.3 Å². The van der Waals surface area contributed by atoms with Crippen LogP contribution in [0.5, 0.6) is 5.75 Å². The van der Waals surface area contributed by atoms with Crippen molar-refractivity contribution in [3.63, 3.8) is 0 Å². The van der Waals surface area contributed by atoms with Gasteiger partial charge in [0, 0.05) is 0 Å². The lowest BCUT2D eigenvalue weighted by Gasteiger charge is -2.26. The molecule has 2 N–H and O–H groups in total. The quantitative estimate of drug-likeness (QED) is 0.481. The van der Waals surface area contributed by atoms with Crippen molar-refractivity contribution in [2.45, 2.75) is 63.6 Å². The lowest BCUT2D eigenvalue weighted by atomic mass is 9.97. The average molecular weight is 431 g/mol. The number of hydrogen-bond donors (Lipinski definition) is 2. The highest BCUT2D eigenvalue weighted by atomic mass is 16.5. The van der Waals surface area contributed by atoms with Gasteiger partial charge < -0.3 is 20.1 Å². The van der Waals surface area contributed by atoms with E-state index in [0.717, 1.165) is 17.7 Å². The Kier molecular flexibility index (Phi) is 6.82. The van der Waals surface area contributed by atoms with Crippen LogP contribution in [0, 0.1) is 0 Å². The van der Waals surface area contributed by atoms with Crippen LogP contribution in [0.15, 0.2) is 24.3 Å². The summed E-state index contributed by atoms with van der Waals surface area (Å²) >= 11 is 0. The van der Waals surface area contributed by atoms with E-state index >= 15 is 0 Å². The number of hydrogen-bond acceptors (Lipinski definition) is 6. The number of benzene rings is 1. The van der Waals surface area contributed by atoms with Crippen LogP contribution in [-0.4, -0.2) is 54.0 Å². The maximum atomic E-state index is 13.0. The summed E-state index contributed by atoms with van der Waals surface area (Å²) in [7, 11) is 1.52. The van der Waals surface area contributed by atoms with Crippen LogP contribution in [0.1, 0.15) is 57.6 Å². The molecule has 2 unspecified atom stereocenters. The molecule has 31 heavy (non-hydrogen) atoms. The minimum Gasteiger partial charge on any atom is -0.497 e. The number of rotatable bonds is 8. The largest absolute Gasteiger partial charge is 0.497 e. The molecule has 2 aliphatic rings. The molecule has 2 atom stereocenters. The topological polar surface area (TPSA) is 114 Å². The maximum Gasteiger partial charge on any atom is 0.325 e. The highest BCUT2D eigenvalue weighted by molar-refractivity contribution is 6.10. The van der Waals surface area contributed by atoms with Crippen molar-refractivity contribution < 1.29 is 28.7 Å². The first-order chi connectivity index (χ1) is 14.8. The van der Waals surface area contributed by atoms with E-state index in [-0.39, 0.29) is 18.9 Å². The molecule has 1 aromatic carbocycles. The van der Waals surface area contributed by atoms with E-state index in [9.17, 15) is 19.2 Å². The van der Waals surface area contributed by atoms with Crippen LogP contribution in [-0.2, 0) is 19.1 Å². The Labute approximate surface area is 181 Å². The van der Waals surface area contributed by atoms with E-state index in [1.807, 2.05) is 0 Å². The maximum absolute atomic E-state index is 13.0. The zero-order valence-corrected chi connectivity index (χ0v) is 18.1. The second kappa shape index (κ2) is 9.36. The summed E-state index contributed by atoms with van der Waals surface area (Å²) in [6.07, 6.45) is 2.79. The zero-order valence-electron chi connectivity index (χ0n) is 18.1. The Bertz CT molecular complexity index is 865. The second-order valence-electron chi connectivity index (χ2n) is 7.92. The molecule has 0 radical (unpaired) electrons. The molecule has 0 aromatic heterocycles. The molecule has 1 aromatic rings. The lowest BCUT2D eigenvalue weighted by Crippen LogP contribution is -2.50. The molecule has 3 rings (SSSR count). The number of nitrogens with zero attached hydrogens (tertiary/aromatic N) is 1. The van der Waals surface area contributed by atoms with Crippen molar-refractivity contribution in [3.05, 3.63) is 29.8 Å². The molecule has 0 bridgehead atoms. The Hall–Kier alpha value is -3.10. The molecule has 1 saturated heterocycles. The summed E-state index contributed by atoms with van der Waals surface area (Å²) in [5.74, 6) is -0.786. The molecule has 1 saturated carbocycles. The zero-order chi connectivity index (χ0) is 22.6. The number of carbonyl (C=O) groups excluding carboxylic acids is 4. The number of methoxy groups -OCH3 is 1. The van der Waals surface area contributed by atoms with Gasteiger partial charge in [-0.3, -0.25) is 14.4 Å². The Morgan fingerprint density at radius 1 is 1.26 bits per heavy atom. The van der Waals surface area contributed by atoms with Gasteiger partial charge >= 0.3 is 12.0 Å². The van der Waals surface area contributed by atoms with Crippen molar-refractivity contribution in [1.82, 2.24) is 15.5 Å². The van der Waals surface area contributed by atoms with Crippen molar-refractivity contribution in [2.24, 2.45) is 0 Å². The first kappa shape index (κ1) is 22.6. The van der Waals surface area contributed by atoms with Gasteiger partial charge in [0.25, 0.3) is 5.91 Å². The normalized spacial score (nSPS) is 19.1. The number of ether oxygens (including phenoxy) is 2. The van der Waals surface area contributed by atoms with Crippen LogP contribution >= 0.6 is 0 Å². The lowest BCUT2D eigenvalue weighted by molar-refractivity contribution is -0.144. The van der Waals surface area contributed by atoms with Gasteiger partial charge in [0.15, 0.2) is 0 Å².